The van der Waals surface area contributed by atoms with Crippen molar-refractivity contribution in [3.63, 3.8) is 0 Å². The summed E-state index contributed by atoms with van der Waals surface area (Å²) in [6.45, 7) is 0. The van der Waals surface area contributed by atoms with Gasteiger partial charge in [0, 0.05) is 12.6 Å². The van der Waals surface area contributed by atoms with E-state index in [-0.39, 0.29) is 6.42 Å². The van der Waals surface area contributed by atoms with E-state index in [1.165, 1.54) is 12.3 Å². The number of nitrogens with zero attached hydrogens (tertiary/aromatic N) is 1. The van der Waals surface area contributed by atoms with Gasteiger partial charge < -0.3 is 35.0 Å². The molecule has 0 radical (unpaired) electrons. The first-order valence-electron chi connectivity index (χ1n) is 8.33. The zero-order valence-electron chi connectivity index (χ0n) is 14.6. The van der Waals surface area contributed by atoms with E-state index < -0.39 is 50.7 Å². The first-order valence-corrected chi connectivity index (χ1v) is 10.1. The van der Waals surface area contributed by atoms with E-state index in [0.717, 1.165) is 4.90 Å². The van der Waals surface area contributed by atoms with Crippen LogP contribution in [0.25, 0.3) is 0 Å². The van der Waals surface area contributed by atoms with Gasteiger partial charge in [-0.15, -0.1) is 0 Å². The van der Waals surface area contributed by atoms with Gasteiger partial charge in [0.05, 0.1) is 11.7 Å². The second-order valence-corrected chi connectivity index (χ2v) is 7.77. The summed E-state index contributed by atoms with van der Waals surface area (Å²) in [5.41, 5.74) is 5.92. The average molecular weight is 413 g/mol. The van der Waals surface area contributed by atoms with Gasteiger partial charge in [0.15, 0.2) is 25.0 Å². The summed E-state index contributed by atoms with van der Waals surface area (Å²) in [6, 6.07) is 7.66. The molecule has 2 amide bonds. The molecular formula is C16H20N3O8P. The molecule has 2 unspecified atom stereocenters. The lowest BCUT2D eigenvalue weighted by Crippen LogP contribution is -2.55. The second kappa shape index (κ2) is 8.39. The molecule has 2 aliphatic rings. The largest absolute Gasteiger partial charge is 0.454 e. The van der Waals surface area contributed by atoms with E-state index in [2.05, 4.69) is 5.32 Å². The monoisotopic (exact) mass is 413 g/mol. The number of carbonyl (C=O) groups is 2. The first kappa shape index (κ1) is 20.5. The molecule has 4 atom stereocenters. The maximum absolute atomic E-state index is 12.4. The highest BCUT2D eigenvalue weighted by Gasteiger charge is 2.44. The molecule has 2 heterocycles. The van der Waals surface area contributed by atoms with Crippen molar-refractivity contribution in [1.29, 1.82) is 0 Å². The Balaban J connectivity index is 1.75. The van der Waals surface area contributed by atoms with Gasteiger partial charge in [0.2, 0.25) is 0 Å². The Morgan fingerprint density at radius 3 is 2.71 bits per heavy atom. The number of ether oxygens (including phenoxy) is 3. The molecule has 1 aromatic rings. The maximum atomic E-state index is 12.4. The third-order valence-electron chi connectivity index (χ3n) is 3.98. The quantitative estimate of drug-likeness (QED) is 0.379. The zero-order chi connectivity index (χ0) is 20.3. The van der Waals surface area contributed by atoms with Crippen LogP contribution in [0.15, 0.2) is 42.6 Å². The fourth-order valence-corrected chi connectivity index (χ4v) is 3.10. The number of carbonyl (C=O) groups excluding carboxylic acids is 2. The number of hydrogen-bond acceptors (Lipinski definition) is 7. The van der Waals surface area contributed by atoms with Gasteiger partial charge in [-0.05, 0) is 18.2 Å². The van der Waals surface area contributed by atoms with Gasteiger partial charge in [-0.1, -0.05) is 18.2 Å². The maximum Gasteiger partial charge on any atom is 0.351 e. The third kappa shape index (κ3) is 5.16. The Kier molecular flexibility index (Phi) is 6.14. The van der Waals surface area contributed by atoms with Crippen molar-refractivity contribution in [1.82, 2.24) is 10.2 Å². The molecule has 0 saturated carbocycles. The van der Waals surface area contributed by atoms with Crippen molar-refractivity contribution < 1.29 is 38.2 Å². The van der Waals surface area contributed by atoms with Crippen LogP contribution in [0.3, 0.4) is 0 Å². The van der Waals surface area contributed by atoms with E-state index in [1.54, 1.807) is 30.3 Å². The van der Waals surface area contributed by atoms with E-state index in [0.29, 0.717) is 5.56 Å². The number of benzene rings is 1. The topological polar surface area (TPSA) is 161 Å². The van der Waals surface area contributed by atoms with Crippen LogP contribution in [0.1, 0.15) is 16.8 Å². The average Bonchev–Trinajstić information content (AvgIpc) is 3.03. The molecule has 1 saturated heterocycles. The number of urea groups is 1. The summed E-state index contributed by atoms with van der Waals surface area (Å²) < 4.78 is 27.2. The Morgan fingerprint density at radius 2 is 2.07 bits per heavy atom. The molecule has 1 aromatic carbocycles. The molecule has 11 nitrogen and oxygen atoms in total. The van der Waals surface area contributed by atoms with Crippen molar-refractivity contribution in [3.05, 3.63) is 48.2 Å². The number of hydrogen-bond donors (Lipinski definition) is 4. The van der Waals surface area contributed by atoms with Gasteiger partial charge in [-0.25, -0.2) is 9.59 Å². The van der Waals surface area contributed by atoms with E-state index >= 15 is 0 Å². The molecule has 0 spiro atoms. The molecule has 3 rings (SSSR count). The molecule has 0 bridgehead atoms. The first-order chi connectivity index (χ1) is 13.2. The predicted octanol–water partition coefficient (Wildman–Crippen LogP) is 0.260. The van der Waals surface area contributed by atoms with Gasteiger partial charge >= 0.3 is 19.6 Å². The SMILES string of the molecule is NC1C=CN([C@@H]2O[C@H](OCP(=O)(O)O)CC2OC(=O)c2ccccc2)C(=O)N1. The standard InChI is InChI=1S/C16H20N3O8P/c17-12-6-7-19(16(21)18-12)14-11(8-13(27-14)25-9-28(22,23)24)26-15(20)10-4-2-1-3-5-10/h1-7,11-14H,8-9,17H2,(H,18,21)(H2,22,23,24)/t11?,12?,13-,14+/m0/s1. The number of rotatable bonds is 6. The van der Waals surface area contributed by atoms with Crippen LogP contribution in [-0.4, -0.2) is 57.8 Å². The summed E-state index contributed by atoms with van der Waals surface area (Å²) in [7, 11) is -4.42. The summed E-state index contributed by atoms with van der Waals surface area (Å²) >= 11 is 0. The van der Waals surface area contributed by atoms with Crippen molar-refractivity contribution >= 4 is 19.6 Å². The molecule has 0 aromatic heterocycles. The molecule has 28 heavy (non-hydrogen) atoms. The van der Waals surface area contributed by atoms with Crippen LogP contribution in [0.4, 0.5) is 4.79 Å². The smallest absolute Gasteiger partial charge is 0.351 e. The molecule has 2 aliphatic heterocycles. The molecule has 152 valence electrons. The highest BCUT2D eigenvalue weighted by atomic mass is 31.2. The van der Waals surface area contributed by atoms with Crippen LogP contribution in [0.5, 0.6) is 0 Å². The van der Waals surface area contributed by atoms with Crippen molar-refractivity contribution in [3.8, 4) is 0 Å². The molecular weight excluding hydrogens is 393 g/mol. The summed E-state index contributed by atoms with van der Waals surface area (Å²) in [5, 5.41) is 2.48. The normalized spacial score (nSPS) is 27.5. The van der Waals surface area contributed by atoms with E-state index in [9.17, 15) is 14.2 Å². The Hall–Kier alpha value is -2.27. The summed E-state index contributed by atoms with van der Waals surface area (Å²) in [6.07, 6.45) is -1.73. The van der Waals surface area contributed by atoms with Crippen molar-refractivity contribution in [2.75, 3.05) is 6.35 Å². The molecule has 1 fully saturated rings. The molecule has 0 aliphatic carbocycles. The highest BCUT2D eigenvalue weighted by Crippen LogP contribution is 2.37. The summed E-state index contributed by atoms with van der Waals surface area (Å²) in [5.74, 6) is -0.632. The Bertz CT molecular complexity index is 798. The van der Waals surface area contributed by atoms with Crippen LogP contribution >= 0.6 is 7.60 Å². The minimum Gasteiger partial charge on any atom is -0.454 e. The zero-order valence-corrected chi connectivity index (χ0v) is 15.5. The van der Waals surface area contributed by atoms with Gasteiger partial charge in [0.25, 0.3) is 0 Å². The Labute approximate surface area is 160 Å². The number of esters is 1. The van der Waals surface area contributed by atoms with Gasteiger partial charge in [-0.3, -0.25) is 9.46 Å². The molecule has 12 heteroatoms. The minimum absolute atomic E-state index is 0.0209. The van der Waals surface area contributed by atoms with Crippen LogP contribution in [-0.2, 0) is 18.8 Å². The lowest BCUT2D eigenvalue weighted by Gasteiger charge is -2.32. The second-order valence-electron chi connectivity index (χ2n) is 6.19. The van der Waals surface area contributed by atoms with Crippen molar-refractivity contribution in [2.45, 2.75) is 31.2 Å². The van der Waals surface area contributed by atoms with E-state index in [1.807, 2.05) is 0 Å². The van der Waals surface area contributed by atoms with Gasteiger partial charge in [0.1, 0.15) is 0 Å². The lowest BCUT2D eigenvalue weighted by atomic mass is 10.2. The Morgan fingerprint density at radius 1 is 1.36 bits per heavy atom. The third-order valence-corrected chi connectivity index (χ3v) is 4.47. The van der Waals surface area contributed by atoms with Crippen LogP contribution in [0.2, 0.25) is 0 Å². The van der Waals surface area contributed by atoms with Gasteiger partial charge in [-0.2, -0.15) is 0 Å². The van der Waals surface area contributed by atoms with Crippen LogP contribution < -0.4 is 11.1 Å². The fourth-order valence-electron chi connectivity index (χ4n) is 2.74. The molecule has 5 N–H and O–H groups in total. The highest BCUT2D eigenvalue weighted by molar-refractivity contribution is 7.51. The minimum atomic E-state index is -4.42. The predicted molar refractivity (Wildman–Crippen MR) is 94.4 cm³/mol. The van der Waals surface area contributed by atoms with Crippen molar-refractivity contribution in [2.24, 2.45) is 5.73 Å². The number of nitrogens with two attached hydrogens (primary N) is 1. The van der Waals surface area contributed by atoms with E-state index in [4.69, 9.17) is 29.7 Å². The van der Waals surface area contributed by atoms with Crippen LogP contribution in [0, 0.1) is 0 Å². The summed E-state index contributed by atoms with van der Waals surface area (Å²) in [4.78, 5) is 43.7. The fraction of sp³-hybridized carbons (Fsp3) is 0.375. The lowest BCUT2D eigenvalue weighted by molar-refractivity contribution is -0.150. The number of nitrogens with one attached hydrogen (secondary N) is 1. The number of amides is 2.